The molecule has 0 amide bonds. The lowest BCUT2D eigenvalue weighted by Crippen LogP contribution is -2.12. The number of rotatable bonds is 7. The van der Waals surface area contributed by atoms with Crippen molar-refractivity contribution >= 4 is 16.6 Å². The van der Waals surface area contributed by atoms with Crippen molar-refractivity contribution in [3.05, 3.63) is 30.0 Å². The molecule has 1 N–H and O–H groups in total. The number of nitrogens with one attached hydrogen (secondary N) is 1. The Labute approximate surface area is 118 Å². The fraction of sp³-hybridized carbons (Fsp3) is 0.400. The van der Waals surface area contributed by atoms with Gasteiger partial charge < -0.3 is 10.1 Å². The molecule has 1 aromatic heterocycles. The van der Waals surface area contributed by atoms with Crippen molar-refractivity contribution in [1.82, 2.24) is 10.2 Å². The molecule has 1 heterocycles. The number of nitrogens with zero attached hydrogens (tertiary/aromatic N) is 3. The van der Waals surface area contributed by atoms with E-state index in [9.17, 15) is 0 Å². The number of anilines is 1. The third-order valence-electron chi connectivity index (χ3n) is 2.96. The second kappa shape index (κ2) is 7.41. The normalized spacial score (nSPS) is 10.4. The van der Waals surface area contributed by atoms with Crippen molar-refractivity contribution in [2.45, 2.75) is 19.8 Å². The van der Waals surface area contributed by atoms with Gasteiger partial charge in [0.05, 0.1) is 17.8 Å². The van der Waals surface area contributed by atoms with E-state index < -0.39 is 0 Å². The van der Waals surface area contributed by atoms with Crippen LogP contribution >= 0.6 is 0 Å². The van der Waals surface area contributed by atoms with E-state index in [1.54, 1.807) is 0 Å². The van der Waals surface area contributed by atoms with Crippen LogP contribution in [0, 0.1) is 11.3 Å². The Balaban J connectivity index is 2.06. The Morgan fingerprint density at radius 3 is 2.90 bits per heavy atom. The van der Waals surface area contributed by atoms with Gasteiger partial charge in [-0.1, -0.05) is 31.5 Å². The molecule has 0 unspecified atom stereocenters. The summed E-state index contributed by atoms with van der Waals surface area (Å²) in [5, 5.41) is 21.2. The highest BCUT2D eigenvalue weighted by Gasteiger charge is 2.09. The van der Waals surface area contributed by atoms with E-state index in [0.29, 0.717) is 18.8 Å². The monoisotopic (exact) mass is 270 g/mol. The quantitative estimate of drug-likeness (QED) is 0.783. The average Bonchev–Trinajstić information content (AvgIpc) is 2.50. The lowest BCUT2D eigenvalue weighted by molar-refractivity contribution is 0.141. The van der Waals surface area contributed by atoms with Crippen LogP contribution in [0.4, 0.5) is 5.69 Å². The van der Waals surface area contributed by atoms with E-state index in [1.165, 1.54) is 0 Å². The van der Waals surface area contributed by atoms with Crippen molar-refractivity contribution in [1.29, 1.82) is 5.26 Å². The fourth-order valence-electron chi connectivity index (χ4n) is 1.91. The molecule has 0 fully saturated rings. The highest BCUT2D eigenvalue weighted by atomic mass is 16.5. The highest BCUT2D eigenvalue weighted by molar-refractivity contribution is 5.92. The number of unbranched alkanes of at least 4 members (excludes halogenated alkanes) is 1. The third kappa shape index (κ3) is 3.43. The van der Waals surface area contributed by atoms with Crippen molar-refractivity contribution in [3.63, 3.8) is 0 Å². The van der Waals surface area contributed by atoms with Gasteiger partial charge in [0.1, 0.15) is 6.07 Å². The van der Waals surface area contributed by atoms with Crippen molar-refractivity contribution in [2.75, 3.05) is 25.1 Å². The topological polar surface area (TPSA) is 70.8 Å². The first kappa shape index (κ1) is 14.2. The fourth-order valence-corrected chi connectivity index (χ4v) is 1.91. The van der Waals surface area contributed by atoms with Gasteiger partial charge in [-0.15, -0.1) is 10.2 Å². The molecule has 0 bridgehead atoms. The van der Waals surface area contributed by atoms with Crippen LogP contribution in [-0.2, 0) is 4.74 Å². The van der Waals surface area contributed by atoms with Gasteiger partial charge >= 0.3 is 0 Å². The zero-order valence-electron chi connectivity index (χ0n) is 11.6. The van der Waals surface area contributed by atoms with Gasteiger partial charge in [-0.3, -0.25) is 0 Å². The second-order valence-corrected chi connectivity index (χ2v) is 4.45. The van der Waals surface area contributed by atoms with Crippen molar-refractivity contribution in [3.8, 4) is 6.07 Å². The van der Waals surface area contributed by atoms with E-state index in [4.69, 9.17) is 10.00 Å². The van der Waals surface area contributed by atoms with Crippen LogP contribution in [0.3, 0.4) is 0 Å². The molecule has 0 aliphatic carbocycles. The van der Waals surface area contributed by atoms with E-state index in [0.717, 1.165) is 36.0 Å². The second-order valence-electron chi connectivity index (χ2n) is 4.45. The largest absolute Gasteiger partial charge is 0.380 e. The molecule has 0 spiro atoms. The van der Waals surface area contributed by atoms with Crippen molar-refractivity contribution < 1.29 is 4.74 Å². The lowest BCUT2D eigenvalue weighted by Gasteiger charge is -2.10. The molecule has 0 aliphatic rings. The number of fused-ring (bicyclic) bond motifs is 1. The number of ether oxygens (including phenoxy) is 1. The molecule has 2 rings (SSSR count). The molecule has 104 valence electrons. The molecule has 5 heteroatoms. The predicted molar refractivity (Wildman–Crippen MR) is 78.5 cm³/mol. The molecule has 0 aliphatic heterocycles. The van der Waals surface area contributed by atoms with Gasteiger partial charge in [0.15, 0.2) is 5.69 Å². The standard InChI is InChI=1S/C15H18N4O/c1-2-3-9-20-10-8-17-15-12-6-4-5-7-13(12)18-19-14(15)11-16/h4-7H,2-3,8-10H2,1H3,(H,17,18). The minimum atomic E-state index is 0.317. The van der Waals surface area contributed by atoms with Crippen LogP contribution in [0.15, 0.2) is 24.3 Å². The molecule has 0 atom stereocenters. The number of benzene rings is 1. The van der Waals surface area contributed by atoms with Crippen LogP contribution < -0.4 is 5.32 Å². The molecular weight excluding hydrogens is 252 g/mol. The molecule has 0 saturated carbocycles. The SMILES string of the molecule is CCCCOCCNc1c(C#N)nnc2ccccc12. The minimum absolute atomic E-state index is 0.317. The van der Waals surface area contributed by atoms with Gasteiger partial charge in [-0.2, -0.15) is 5.26 Å². The zero-order chi connectivity index (χ0) is 14.2. The van der Waals surface area contributed by atoms with Crippen LogP contribution in [0.2, 0.25) is 0 Å². The van der Waals surface area contributed by atoms with Crippen molar-refractivity contribution in [2.24, 2.45) is 0 Å². The summed E-state index contributed by atoms with van der Waals surface area (Å²) in [6, 6.07) is 9.72. The zero-order valence-corrected chi connectivity index (χ0v) is 11.6. The van der Waals surface area contributed by atoms with Crippen LogP contribution in [0.25, 0.3) is 10.9 Å². The first-order chi connectivity index (χ1) is 9.86. The average molecular weight is 270 g/mol. The number of nitriles is 1. The molecule has 0 saturated heterocycles. The van der Waals surface area contributed by atoms with E-state index in [2.05, 4.69) is 28.5 Å². The smallest absolute Gasteiger partial charge is 0.186 e. The molecule has 0 radical (unpaired) electrons. The van der Waals surface area contributed by atoms with Gasteiger partial charge in [-0.25, -0.2) is 0 Å². The van der Waals surface area contributed by atoms with Gasteiger partial charge in [0.25, 0.3) is 0 Å². The summed E-state index contributed by atoms with van der Waals surface area (Å²) in [6.07, 6.45) is 2.20. The summed E-state index contributed by atoms with van der Waals surface area (Å²) >= 11 is 0. The highest BCUT2D eigenvalue weighted by Crippen LogP contribution is 2.23. The molecule has 5 nitrogen and oxygen atoms in total. The van der Waals surface area contributed by atoms with E-state index in [1.807, 2.05) is 24.3 Å². The van der Waals surface area contributed by atoms with E-state index >= 15 is 0 Å². The summed E-state index contributed by atoms with van der Waals surface area (Å²) < 4.78 is 5.50. The Kier molecular flexibility index (Phi) is 5.27. The summed E-state index contributed by atoms with van der Waals surface area (Å²) in [5.41, 5.74) is 1.83. The maximum Gasteiger partial charge on any atom is 0.186 e. The predicted octanol–water partition coefficient (Wildman–Crippen LogP) is 2.73. The first-order valence-electron chi connectivity index (χ1n) is 6.84. The van der Waals surface area contributed by atoms with Crippen LogP contribution in [0.5, 0.6) is 0 Å². The first-order valence-corrected chi connectivity index (χ1v) is 6.84. The summed E-state index contributed by atoms with van der Waals surface area (Å²) in [5.74, 6) is 0. The van der Waals surface area contributed by atoms with Gasteiger partial charge in [-0.05, 0) is 12.5 Å². The van der Waals surface area contributed by atoms with Crippen LogP contribution in [-0.4, -0.2) is 30.0 Å². The Morgan fingerprint density at radius 1 is 1.25 bits per heavy atom. The minimum Gasteiger partial charge on any atom is -0.380 e. The van der Waals surface area contributed by atoms with Gasteiger partial charge in [0.2, 0.25) is 0 Å². The maximum absolute atomic E-state index is 9.13. The lowest BCUT2D eigenvalue weighted by atomic mass is 10.1. The Hall–Kier alpha value is -2.19. The Bertz CT molecular complexity index is 606. The summed E-state index contributed by atoms with van der Waals surface area (Å²) in [4.78, 5) is 0. The van der Waals surface area contributed by atoms with Crippen LogP contribution in [0.1, 0.15) is 25.5 Å². The molecule has 20 heavy (non-hydrogen) atoms. The number of hydrogen-bond donors (Lipinski definition) is 1. The summed E-state index contributed by atoms with van der Waals surface area (Å²) in [6.45, 7) is 4.17. The molecule has 1 aromatic carbocycles. The van der Waals surface area contributed by atoms with E-state index in [-0.39, 0.29) is 0 Å². The number of hydrogen-bond acceptors (Lipinski definition) is 5. The Morgan fingerprint density at radius 2 is 2.10 bits per heavy atom. The van der Waals surface area contributed by atoms with Gasteiger partial charge in [0, 0.05) is 18.5 Å². The third-order valence-corrected chi connectivity index (χ3v) is 2.96. The molecule has 2 aromatic rings. The number of aromatic nitrogens is 2. The maximum atomic E-state index is 9.13. The summed E-state index contributed by atoms with van der Waals surface area (Å²) in [7, 11) is 0. The molecular formula is C15H18N4O.